The number of amides is 2. The number of fused-ring (bicyclic) bond motifs is 2. The van der Waals surface area contributed by atoms with Gasteiger partial charge in [0.2, 0.25) is 11.8 Å². The molecule has 0 aromatic rings. The quantitative estimate of drug-likeness (QED) is 0.198. The smallest absolute Gasteiger partial charge is 0.240 e. The molecule has 6 unspecified atom stereocenters. The fourth-order valence-electron chi connectivity index (χ4n) is 12.8. The number of methoxy groups -OCH3 is 1. The summed E-state index contributed by atoms with van der Waals surface area (Å²) < 4.78 is 6.43. The number of hydrogen-bond donors (Lipinski definition) is 4. The molecule has 1 aliphatic heterocycles. The highest BCUT2D eigenvalue weighted by Crippen LogP contribution is 2.61. The van der Waals surface area contributed by atoms with E-state index < -0.39 is 24.2 Å². The molecule has 1 saturated heterocycles. The van der Waals surface area contributed by atoms with Crippen molar-refractivity contribution in [3.05, 3.63) is 0 Å². The lowest BCUT2D eigenvalue weighted by atomic mass is 9.45. The second-order valence-corrected chi connectivity index (χ2v) is 19.5. The van der Waals surface area contributed by atoms with Crippen LogP contribution in [0, 0.1) is 58.7 Å². The molecule has 6 aliphatic carbocycles. The average Bonchev–Trinajstić information content (AvgIpc) is 3.53. The lowest BCUT2D eigenvalue weighted by Gasteiger charge is -2.62. The van der Waals surface area contributed by atoms with E-state index in [0.29, 0.717) is 53.5 Å². The molecular weight excluding hydrogens is 668 g/mol. The molecule has 2 bridgehead atoms. The van der Waals surface area contributed by atoms with E-state index in [9.17, 15) is 19.8 Å². The second kappa shape index (κ2) is 17.5. The number of carbonyl (C=O) groups is 2. The standard InChI is InChI=1S/C43H76N4O6/c1-9-35(27-14-11-10-12-15-27)44-41(50)30-18-29(19-32(20-30)46(6)7)33-17-13-16-28(40(33)52-8)23-47-39(38(26(3)49)37(24-48)53-47)42(51)45-36-22-31-21-34(25(36)2)43(31,4)5/h25-40,48-49H,9-24H2,1-8H3,(H,44,50)(H,45,51)/t25-,26-,28?,29?,30?,31+,32?,33?,34-,35-,36-,37-,38+,39-,40?/m0/s1. The largest absolute Gasteiger partial charge is 0.394 e. The van der Waals surface area contributed by atoms with Crippen molar-refractivity contribution in [1.29, 1.82) is 0 Å². The topological polar surface area (TPSA) is 124 Å². The molecule has 6 saturated carbocycles. The van der Waals surface area contributed by atoms with E-state index in [1.807, 2.05) is 7.11 Å². The Balaban J connectivity index is 1.16. The van der Waals surface area contributed by atoms with E-state index in [0.717, 1.165) is 51.4 Å². The molecule has 0 aromatic heterocycles. The van der Waals surface area contributed by atoms with Gasteiger partial charge in [0.15, 0.2) is 0 Å². The molecule has 7 rings (SSSR count). The Labute approximate surface area is 321 Å². The van der Waals surface area contributed by atoms with Gasteiger partial charge in [0.25, 0.3) is 0 Å². The third-order valence-electron chi connectivity index (χ3n) is 16.2. The van der Waals surface area contributed by atoms with Crippen LogP contribution in [0.4, 0.5) is 0 Å². The lowest BCUT2D eigenvalue weighted by molar-refractivity contribution is -0.193. The highest BCUT2D eigenvalue weighted by Gasteiger charge is 2.58. The van der Waals surface area contributed by atoms with Crippen molar-refractivity contribution in [2.24, 2.45) is 58.7 Å². The number of carbonyl (C=O) groups excluding carboxylic acids is 2. The Morgan fingerprint density at radius 1 is 1.00 bits per heavy atom. The summed E-state index contributed by atoms with van der Waals surface area (Å²) in [5, 5.41) is 30.2. The Morgan fingerprint density at radius 2 is 1.74 bits per heavy atom. The first-order valence-corrected chi connectivity index (χ1v) is 21.8. The summed E-state index contributed by atoms with van der Waals surface area (Å²) in [5.41, 5.74) is 0.321. The monoisotopic (exact) mass is 745 g/mol. The summed E-state index contributed by atoms with van der Waals surface area (Å²) in [6, 6.07) is 0.0126. The van der Waals surface area contributed by atoms with E-state index in [1.54, 1.807) is 12.0 Å². The number of hydroxylamine groups is 2. The van der Waals surface area contributed by atoms with Crippen molar-refractivity contribution in [3.8, 4) is 0 Å². The van der Waals surface area contributed by atoms with E-state index in [1.165, 1.54) is 38.5 Å². The number of aliphatic hydroxyl groups excluding tert-OH is 2. The molecule has 7 aliphatic rings. The predicted octanol–water partition coefficient (Wildman–Crippen LogP) is 5.40. The number of nitrogens with zero attached hydrogens (tertiary/aromatic N) is 2. The summed E-state index contributed by atoms with van der Waals surface area (Å²) in [4.78, 5) is 37.1. The van der Waals surface area contributed by atoms with Gasteiger partial charge < -0.3 is 30.5 Å². The Morgan fingerprint density at radius 3 is 2.34 bits per heavy atom. The Kier molecular flexibility index (Phi) is 13.6. The zero-order valence-corrected chi connectivity index (χ0v) is 34.5. The third-order valence-corrected chi connectivity index (χ3v) is 16.2. The van der Waals surface area contributed by atoms with Gasteiger partial charge in [0.05, 0.1) is 18.8 Å². The highest BCUT2D eigenvalue weighted by molar-refractivity contribution is 5.83. The molecular formula is C43H76N4O6. The van der Waals surface area contributed by atoms with Gasteiger partial charge in [0.1, 0.15) is 12.1 Å². The number of hydrogen-bond acceptors (Lipinski definition) is 8. The van der Waals surface area contributed by atoms with Crippen LogP contribution in [0.3, 0.4) is 0 Å². The lowest BCUT2D eigenvalue weighted by Crippen LogP contribution is -2.62. The van der Waals surface area contributed by atoms with Crippen molar-refractivity contribution in [2.45, 2.75) is 167 Å². The average molecular weight is 745 g/mol. The van der Waals surface area contributed by atoms with Crippen molar-refractivity contribution in [3.63, 3.8) is 0 Å². The van der Waals surface area contributed by atoms with Gasteiger partial charge in [-0.25, -0.2) is 0 Å². The minimum absolute atomic E-state index is 0.0115. The van der Waals surface area contributed by atoms with E-state index in [-0.39, 0.29) is 48.4 Å². The number of ether oxygens (including phenoxy) is 1. The fourth-order valence-corrected chi connectivity index (χ4v) is 12.8. The van der Waals surface area contributed by atoms with Crippen LogP contribution in [0.2, 0.25) is 0 Å². The second-order valence-electron chi connectivity index (χ2n) is 19.5. The maximum Gasteiger partial charge on any atom is 0.240 e. The molecule has 53 heavy (non-hydrogen) atoms. The first-order chi connectivity index (χ1) is 25.3. The van der Waals surface area contributed by atoms with E-state index >= 15 is 0 Å². The van der Waals surface area contributed by atoms with Gasteiger partial charge in [-0.3, -0.25) is 14.4 Å². The summed E-state index contributed by atoms with van der Waals surface area (Å²) in [6.07, 6.45) is 13.9. The van der Waals surface area contributed by atoms with Crippen LogP contribution in [-0.4, -0.2) is 109 Å². The maximum absolute atomic E-state index is 14.3. The van der Waals surface area contributed by atoms with Crippen LogP contribution in [0.5, 0.6) is 0 Å². The molecule has 15 atom stereocenters. The van der Waals surface area contributed by atoms with Gasteiger partial charge >= 0.3 is 0 Å². The predicted molar refractivity (Wildman–Crippen MR) is 207 cm³/mol. The van der Waals surface area contributed by atoms with Gasteiger partial charge in [-0.1, -0.05) is 53.4 Å². The number of aliphatic hydroxyl groups is 2. The first kappa shape index (κ1) is 41.3. The molecule has 1 heterocycles. The van der Waals surface area contributed by atoms with Crippen LogP contribution in [0.1, 0.15) is 125 Å². The minimum atomic E-state index is -0.819. The minimum Gasteiger partial charge on any atom is -0.394 e. The zero-order chi connectivity index (χ0) is 38.2. The molecule has 2 amide bonds. The summed E-state index contributed by atoms with van der Waals surface area (Å²) >= 11 is 0. The zero-order valence-electron chi connectivity index (χ0n) is 34.5. The number of nitrogens with one attached hydrogen (secondary N) is 2. The normalized spacial score (nSPS) is 41.8. The van der Waals surface area contributed by atoms with Gasteiger partial charge in [-0.05, 0) is 126 Å². The van der Waals surface area contributed by atoms with Gasteiger partial charge in [-0.2, -0.15) is 5.06 Å². The molecule has 4 N–H and O–H groups in total. The first-order valence-electron chi connectivity index (χ1n) is 21.8. The van der Waals surface area contributed by atoms with Crippen LogP contribution in [-0.2, 0) is 19.2 Å². The Bertz CT molecular complexity index is 1230. The van der Waals surface area contributed by atoms with Crippen molar-refractivity contribution < 1.29 is 29.4 Å². The third kappa shape index (κ3) is 8.53. The Hall–Kier alpha value is -1.30. The van der Waals surface area contributed by atoms with Crippen LogP contribution < -0.4 is 10.6 Å². The molecule has 0 aromatic carbocycles. The maximum atomic E-state index is 14.3. The van der Waals surface area contributed by atoms with Crippen LogP contribution in [0.25, 0.3) is 0 Å². The van der Waals surface area contributed by atoms with Crippen molar-refractivity contribution in [1.82, 2.24) is 20.6 Å². The van der Waals surface area contributed by atoms with E-state index in [2.05, 4.69) is 57.3 Å². The molecule has 10 nitrogen and oxygen atoms in total. The van der Waals surface area contributed by atoms with Gasteiger partial charge in [0, 0.05) is 49.5 Å². The number of rotatable bonds is 13. The summed E-state index contributed by atoms with van der Waals surface area (Å²) in [7, 11) is 6.13. The van der Waals surface area contributed by atoms with Gasteiger partial charge in [-0.15, -0.1) is 0 Å². The van der Waals surface area contributed by atoms with E-state index in [4.69, 9.17) is 9.57 Å². The molecule has 10 heteroatoms. The SMILES string of the molecule is CC[C@H](NC(=O)C1CC(C2CCCC(CN3O[C@@H](CO)[C@@H]([C@H](C)O)[C@H]3C(=O)N[C@H]3C[C@H]4C[C@@H]([C@@H]3C)C4(C)C)C2OC)CC(N(C)C)C1)C1CCCCC1. The molecule has 0 spiro atoms. The fraction of sp³-hybridized carbons (Fsp3) is 0.953. The summed E-state index contributed by atoms with van der Waals surface area (Å²) in [6.45, 7) is 11.2. The molecule has 7 fully saturated rings. The van der Waals surface area contributed by atoms with Crippen LogP contribution in [0.15, 0.2) is 0 Å². The van der Waals surface area contributed by atoms with Crippen molar-refractivity contribution >= 4 is 11.8 Å². The highest BCUT2D eigenvalue weighted by atomic mass is 16.7. The van der Waals surface area contributed by atoms with Crippen molar-refractivity contribution in [2.75, 3.05) is 34.4 Å². The van der Waals surface area contributed by atoms with Crippen LogP contribution >= 0.6 is 0 Å². The molecule has 304 valence electrons. The molecule has 0 radical (unpaired) electrons. The summed E-state index contributed by atoms with van der Waals surface area (Å²) in [5.74, 6) is 2.56.